The van der Waals surface area contributed by atoms with E-state index >= 15 is 0 Å². The number of nitrogens with zero attached hydrogens (tertiary/aromatic N) is 2. The van der Waals surface area contributed by atoms with Gasteiger partial charge in [0.1, 0.15) is 17.9 Å². The molecular formula is C10H28N2Si2. The quantitative estimate of drug-likeness (QED) is 0.641. The van der Waals surface area contributed by atoms with Crippen LogP contribution in [0.3, 0.4) is 0 Å². The topological polar surface area (TPSA) is 6.48 Å². The molecule has 14 heavy (non-hydrogen) atoms. The van der Waals surface area contributed by atoms with Crippen LogP contribution in [0.4, 0.5) is 0 Å². The molecule has 0 N–H and O–H groups in total. The van der Waals surface area contributed by atoms with Gasteiger partial charge in [-0.2, -0.15) is 0 Å². The van der Waals surface area contributed by atoms with E-state index < -0.39 is 17.9 Å². The highest BCUT2D eigenvalue weighted by Gasteiger charge is 2.26. The summed E-state index contributed by atoms with van der Waals surface area (Å²) in [4.78, 5) is 0. The SMILES string of the molecule is CCN(C)[SiH](C)C(C)[SiH](C)N(C)CC. The third kappa shape index (κ3) is 3.84. The predicted molar refractivity (Wildman–Crippen MR) is 72.1 cm³/mol. The first-order valence-electron chi connectivity index (χ1n) is 5.86. The van der Waals surface area contributed by atoms with Gasteiger partial charge in [0.25, 0.3) is 0 Å². The first-order chi connectivity index (χ1) is 6.45. The van der Waals surface area contributed by atoms with E-state index in [1.54, 1.807) is 0 Å². The molecule has 0 saturated carbocycles. The Morgan fingerprint density at radius 3 is 1.43 bits per heavy atom. The van der Waals surface area contributed by atoms with Gasteiger partial charge >= 0.3 is 0 Å². The molecule has 0 spiro atoms. The molecular weight excluding hydrogens is 204 g/mol. The van der Waals surface area contributed by atoms with Crippen LogP contribution in [0.5, 0.6) is 0 Å². The van der Waals surface area contributed by atoms with Crippen LogP contribution in [-0.2, 0) is 0 Å². The molecule has 0 heterocycles. The van der Waals surface area contributed by atoms with Gasteiger partial charge in [0.15, 0.2) is 0 Å². The van der Waals surface area contributed by atoms with Gasteiger partial charge in [-0.1, -0.05) is 33.9 Å². The van der Waals surface area contributed by atoms with E-state index in [-0.39, 0.29) is 0 Å². The highest BCUT2D eigenvalue weighted by atomic mass is 28.3. The summed E-state index contributed by atoms with van der Waals surface area (Å²) in [6, 6.07) is 0. The molecule has 0 aliphatic rings. The Balaban J connectivity index is 4.22. The number of hydrogen-bond donors (Lipinski definition) is 0. The Labute approximate surface area is 93.7 Å². The predicted octanol–water partition coefficient (Wildman–Crippen LogP) is 1.53. The van der Waals surface area contributed by atoms with Crippen molar-refractivity contribution in [3.05, 3.63) is 0 Å². The maximum absolute atomic E-state index is 2.59. The fraction of sp³-hybridized carbons (Fsp3) is 1.00. The summed E-state index contributed by atoms with van der Waals surface area (Å²) in [5, 5.41) is 0.991. The van der Waals surface area contributed by atoms with E-state index in [9.17, 15) is 0 Å². The maximum atomic E-state index is 2.59. The van der Waals surface area contributed by atoms with E-state index in [0.717, 1.165) is 5.16 Å². The van der Waals surface area contributed by atoms with Gasteiger partial charge in [-0.05, 0) is 32.3 Å². The molecule has 0 aliphatic carbocycles. The lowest BCUT2D eigenvalue weighted by atomic mass is 10.8. The van der Waals surface area contributed by atoms with Crippen LogP contribution in [0.25, 0.3) is 0 Å². The summed E-state index contributed by atoms with van der Waals surface area (Å²) in [5.74, 6) is 0. The molecule has 0 aliphatic heterocycles. The van der Waals surface area contributed by atoms with Gasteiger partial charge in [-0.25, -0.2) is 0 Å². The van der Waals surface area contributed by atoms with Crippen molar-refractivity contribution in [3.8, 4) is 0 Å². The van der Waals surface area contributed by atoms with E-state index in [0.29, 0.717) is 0 Å². The van der Waals surface area contributed by atoms with Crippen LogP contribution < -0.4 is 0 Å². The summed E-state index contributed by atoms with van der Waals surface area (Å²) in [6.07, 6.45) is 0. The molecule has 0 aromatic rings. The Bertz CT molecular complexity index is 139. The fourth-order valence-corrected chi connectivity index (χ4v) is 9.53. The summed E-state index contributed by atoms with van der Waals surface area (Å²) in [5.41, 5.74) is 0. The van der Waals surface area contributed by atoms with E-state index in [1.807, 2.05) is 0 Å². The first-order valence-corrected chi connectivity index (χ1v) is 10.5. The van der Waals surface area contributed by atoms with E-state index in [1.165, 1.54) is 13.1 Å². The van der Waals surface area contributed by atoms with Gasteiger partial charge in [-0.15, -0.1) is 0 Å². The standard InChI is InChI=1S/C10H28N2Si2/c1-8-11(4)13(6)10(3)14(7)12(5)9-2/h10,13-14H,8-9H2,1-7H3. The van der Waals surface area contributed by atoms with Gasteiger partial charge in [0, 0.05) is 0 Å². The first kappa shape index (κ1) is 14.4. The zero-order valence-electron chi connectivity index (χ0n) is 11.0. The van der Waals surface area contributed by atoms with Gasteiger partial charge < -0.3 is 9.13 Å². The minimum atomic E-state index is -0.665. The summed E-state index contributed by atoms with van der Waals surface area (Å²) in [7, 11) is 3.25. The lowest BCUT2D eigenvalue weighted by molar-refractivity contribution is 0.528. The molecule has 4 heteroatoms. The Morgan fingerprint density at radius 1 is 0.929 bits per heavy atom. The molecule has 2 nitrogen and oxygen atoms in total. The highest BCUT2D eigenvalue weighted by molar-refractivity contribution is 6.75. The molecule has 86 valence electrons. The van der Waals surface area contributed by atoms with Crippen molar-refractivity contribution >= 4 is 17.9 Å². The largest absolute Gasteiger partial charge is 0.329 e. The zero-order chi connectivity index (χ0) is 11.3. The average Bonchev–Trinajstić information content (AvgIpc) is 2.23. The second kappa shape index (κ2) is 6.77. The molecule has 0 radical (unpaired) electrons. The van der Waals surface area contributed by atoms with E-state index in [4.69, 9.17) is 0 Å². The van der Waals surface area contributed by atoms with Gasteiger partial charge in [-0.3, -0.25) is 0 Å². The Kier molecular flexibility index (Phi) is 6.94. The lowest BCUT2D eigenvalue weighted by Gasteiger charge is -2.34. The third-order valence-electron chi connectivity index (χ3n) is 3.91. The molecule has 0 amide bonds. The van der Waals surface area contributed by atoms with Crippen molar-refractivity contribution in [2.45, 2.75) is 39.0 Å². The smallest absolute Gasteiger partial charge is 0.109 e. The molecule has 0 rings (SSSR count). The monoisotopic (exact) mass is 232 g/mol. The van der Waals surface area contributed by atoms with E-state index in [2.05, 4.69) is 57.1 Å². The Morgan fingerprint density at radius 2 is 1.21 bits per heavy atom. The molecule has 0 saturated heterocycles. The van der Waals surface area contributed by atoms with Crippen molar-refractivity contribution in [1.82, 2.24) is 9.13 Å². The minimum Gasteiger partial charge on any atom is -0.329 e. The average molecular weight is 233 g/mol. The second-order valence-electron chi connectivity index (χ2n) is 4.49. The van der Waals surface area contributed by atoms with Crippen LogP contribution in [0, 0.1) is 0 Å². The van der Waals surface area contributed by atoms with Crippen LogP contribution in [0.2, 0.25) is 18.3 Å². The lowest BCUT2D eigenvalue weighted by Crippen LogP contribution is -2.47. The summed E-state index contributed by atoms with van der Waals surface area (Å²) >= 11 is 0. The molecule has 2 unspecified atom stereocenters. The van der Waals surface area contributed by atoms with Gasteiger partial charge in [0.2, 0.25) is 0 Å². The minimum absolute atomic E-state index is 0.665. The normalized spacial score (nSPS) is 18.6. The van der Waals surface area contributed by atoms with Crippen LogP contribution in [-0.4, -0.2) is 54.2 Å². The van der Waals surface area contributed by atoms with Crippen molar-refractivity contribution in [1.29, 1.82) is 0 Å². The van der Waals surface area contributed by atoms with Crippen molar-refractivity contribution in [2.24, 2.45) is 0 Å². The molecule has 0 aromatic heterocycles. The van der Waals surface area contributed by atoms with Crippen LogP contribution in [0.1, 0.15) is 20.8 Å². The summed E-state index contributed by atoms with van der Waals surface area (Å²) in [6.45, 7) is 14.5. The molecule has 0 bridgehead atoms. The van der Waals surface area contributed by atoms with Crippen LogP contribution >= 0.6 is 0 Å². The van der Waals surface area contributed by atoms with Crippen molar-refractivity contribution < 1.29 is 0 Å². The zero-order valence-corrected chi connectivity index (χ0v) is 13.4. The third-order valence-corrected chi connectivity index (χ3v) is 13.8. The highest BCUT2D eigenvalue weighted by Crippen LogP contribution is 2.17. The molecule has 2 atom stereocenters. The van der Waals surface area contributed by atoms with Crippen molar-refractivity contribution in [2.75, 3.05) is 27.2 Å². The number of rotatable bonds is 6. The maximum Gasteiger partial charge on any atom is 0.109 e. The fourth-order valence-electron chi connectivity index (χ4n) is 1.78. The van der Waals surface area contributed by atoms with Gasteiger partial charge in [0.05, 0.1) is 0 Å². The summed E-state index contributed by atoms with van der Waals surface area (Å²) < 4.78 is 5.19. The Hall–Kier alpha value is 0.354. The van der Waals surface area contributed by atoms with Crippen LogP contribution in [0.15, 0.2) is 0 Å². The van der Waals surface area contributed by atoms with Crippen molar-refractivity contribution in [3.63, 3.8) is 0 Å². The molecule has 0 aromatic carbocycles. The molecule has 0 fully saturated rings. The second-order valence-corrected chi connectivity index (χ2v) is 12.1. The number of hydrogen-bond acceptors (Lipinski definition) is 2.